The molecule has 0 radical (unpaired) electrons. The summed E-state index contributed by atoms with van der Waals surface area (Å²) in [5.41, 5.74) is 0. The summed E-state index contributed by atoms with van der Waals surface area (Å²) in [4.78, 5) is 14.2. The van der Waals surface area contributed by atoms with Crippen LogP contribution in [-0.4, -0.2) is 68.0 Å². The molecule has 3 fully saturated rings. The SMILES string of the molecule is Cl.O=C(CCCS(=O)(=O)N1CCCC1)N1CCC(NCC2CC2)CC1. The summed E-state index contributed by atoms with van der Waals surface area (Å²) in [5, 5.41) is 3.61. The van der Waals surface area contributed by atoms with Crippen molar-refractivity contribution in [3.63, 3.8) is 0 Å². The lowest BCUT2D eigenvalue weighted by molar-refractivity contribution is -0.132. The number of hydrogen-bond acceptors (Lipinski definition) is 4. The van der Waals surface area contributed by atoms with Crippen LogP contribution in [0.3, 0.4) is 0 Å². The zero-order valence-corrected chi connectivity index (χ0v) is 16.6. The lowest BCUT2D eigenvalue weighted by atomic mass is 10.0. The third kappa shape index (κ3) is 6.38. The minimum Gasteiger partial charge on any atom is -0.343 e. The molecule has 6 nitrogen and oxygen atoms in total. The van der Waals surface area contributed by atoms with E-state index in [1.807, 2.05) is 4.90 Å². The molecule has 0 spiro atoms. The van der Waals surface area contributed by atoms with Gasteiger partial charge >= 0.3 is 0 Å². The van der Waals surface area contributed by atoms with Gasteiger partial charge in [-0.2, -0.15) is 0 Å². The molecular formula is C17H32ClN3O3S. The van der Waals surface area contributed by atoms with Crippen LogP contribution in [0.5, 0.6) is 0 Å². The Kier molecular flexibility index (Phi) is 7.98. The first-order chi connectivity index (χ1) is 11.5. The average molecular weight is 394 g/mol. The monoisotopic (exact) mass is 393 g/mol. The van der Waals surface area contributed by atoms with Crippen LogP contribution in [0.1, 0.15) is 51.4 Å². The molecule has 2 saturated heterocycles. The van der Waals surface area contributed by atoms with E-state index in [4.69, 9.17) is 0 Å². The molecule has 0 unspecified atom stereocenters. The van der Waals surface area contributed by atoms with E-state index in [2.05, 4.69) is 5.32 Å². The van der Waals surface area contributed by atoms with Crippen LogP contribution in [0.2, 0.25) is 0 Å². The van der Waals surface area contributed by atoms with Gasteiger partial charge in [0.2, 0.25) is 15.9 Å². The maximum atomic E-state index is 12.3. The maximum Gasteiger partial charge on any atom is 0.222 e. The Hall–Kier alpha value is -0.370. The third-order valence-corrected chi connectivity index (χ3v) is 7.45. The van der Waals surface area contributed by atoms with Gasteiger partial charge in [0.1, 0.15) is 0 Å². The van der Waals surface area contributed by atoms with E-state index in [0.717, 1.165) is 51.2 Å². The number of rotatable bonds is 8. The van der Waals surface area contributed by atoms with Crippen molar-refractivity contribution in [1.29, 1.82) is 0 Å². The van der Waals surface area contributed by atoms with Gasteiger partial charge in [0.25, 0.3) is 0 Å². The van der Waals surface area contributed by atoms with Crippen LogP contribution in [0.25, 0.3) is 0 Å². The van der Waals surface area contributed by atoms with E-state index in [-0.39, 0.29) is 24.1 Å². The highest BCUT2D eigenvalue weighted by atomic mass is 35.5. The van der Waals surface area contributed by atoms with Gasteiger partial charge in [-0.05, 0) is 57.4 Å². The molecule has 3 rings (SSSR count). The molecule has 0 aromatic carbocycles. The van der Waals surface area contributed by atoms with Crippen LogP contribution in [-0.2, 0) is 14.8 Å². The second-order valence-electron chi connectivity index (χ2n) is 7.53. The van der Waals surface area contributed by atoms with Crippen molar-refractivity contribution >= 4 is 28.3 Å². The Morgan fingerprint density at radius 1 is 1.00 bits per heavy atom. The Labute approximate surface area is 158 Å². The second-order valence-corrected chi connectivity index (χ2v) is 9.62. The van der Waals surface area contributed by atoms with Gasteiger partial charge < -0.3 is 10.2 Å². The van der Waals surface area contributed by atoms with Gasteiger partial charge in [0, 0.05) is 38.6 Å². The van der Waals surface area contributed by atoms with E-state index >= 15 is 0 Å². The van der Waals surface area contributed by atoms with Crippen molar-refractivity contribution in [2.75, 3.05) is 38.5 Å². The number of nitrogens with one attached hydrogen (secondary N) is 1. The number of nitrogens with zero attached hydrogens (tertiary/aromatic N) is 2. The number of hydrogen-bond donors (Lipinski definition) is 1. The molecule has 0 bridgehead atoms. The van der Waals surface area contributed by atoms with Crippen molar-refractivity contribution in [2.45, 2.75) is 57.4 Å². The highest BCUT2D eigenvalue weighted by molar-refractivity contribution is 7.89. The molecule has 25 heavy (non-hydrogen) atoms. The largest absolute Gasteiger partial charge is 0.343 e. The fourth-order valence-electron chi connectivity index (χ4n) is 3.65. The number of sulfonamides is 1. The maximum absolute atomic E-state index is 12.3. The van der Waals surface area contributed by atoms with Gasteiger partial charge in [0.05, 0.1) is 5.75 Å². The summed E-state index contributed by atoms with van der Waals surface area (Å²) in [6.45, 7) is 4.04. The molecule has 1 N–H and O–H groups in total. The van der Waals surface area contributed by atoms with E-state index < -0.39 is 10.0 Å². The van der Waals surface area contributed by atoms with Gasteiger partial charge in [-0.25, -0.2) is 12.7 Å². The minimum absolute atomic E-state index is 0. The Morgan fingerprint density at radius 3 is 2.24 bits per heavy atom. The Morgan fingerprint density at radius 2 is 1.64 bits per heavy atom. The molecule has 0 aromatic rings. The summed E-state index contributed by atoms with van der Waals surface area (Å²) < 4.78 is 25.9. The van der Waals surface area contributed by atoms with Crippen molar-refractivity contribution in [2.24, 2.45) is 5.92 Å². The van der Waals surface area contributed by atoms with E-state index in [9.17, 15) is 13.2 Å². The Balaban J connectivity index is 0.00000225. The molecule has 3 aliphatic rings. The quantitative estimate of drug-likeness (QED) is 0.680. The zero-order valence-electron chi connectivity index (χ0n) is 15.0. The molecule has 0 atom stereocenters. The van der Waals surface area contributed by atoms with Gasteiger partial charge in [0.15, 0.2) is 0 Å². The third-order valence-electron chi connectivity index (χ3n) is 5.49. The van der Waals surface area contributed by atoms with Gasteiger partial charge in [-0.3, -0.25) is 4.79 Å². The van der Waals surface area contributed by atoms with E-state index in [0.29, 0.717) is 32.0 Å². The normalized spacial score (nSPS) is 22.8. The van der Waals surface area contributed by atoms with Crippen molar-refractivity contribution < 1.29 is 13.2 Å². The molecule has 1 aliphatic carbocycles. The fraction of sp³-hybridized carbons (Fsp3) is 0.941. The number of carbonyl (C=O) groups is 1. The lowest BCUT2D eigenvalue weighted by Gasteiger charge is -2.32. The first-order valence-corrected chi connectivity index (χ1v) is 11.1. The number of piperidine rings is 1. The number of amides is 1. The first kappa shape index (κ1) is 20.9. The van der Waals surface area contributed by atoms with Crippen molar-refractivity contribution in [1.82, 2.24) is 14.5 Å². The van der Waals surface area contributed by atoms with Crippen LogP contribution in [0.15, 0.2) is 0 Å². The number of likely N-dealkylation sites (tertiary alicyclic amines) is 1. The topological polar surface area (TPSA) is 69.7 Å². The summed E-state index contributed by atoms with van der Waals surface area (Å²) in [6, 6.07) is 0.546. The molecule has 8 heteroatoms. The zero-order chi connectivity index (χ0) is 17.0. The molecule has 146 valence electrons. The second kappa shape index (κ2) is 9.53. The lowest BCUT2D eigenvalue weighted by Crippen LogP contribution is -2.45. The summed E-state index contributed by atoms with van der Waals surface area (Å²) in [5.74, 6) is 1.12. The molecule has 2 aliphatic heterocycles. The number of halogens is 1. The van der Waals surface area contributed by atoms with Crippen LogP contribution in [0, 0.1) is 5.92 Å². The summed E-state index contributed by atoms with van der Waals surface area (Å²) in [7, 11) is -3.15. The standard InChI is InChI=1S/C17H31N3O3S.ClH/c21-17(4-3-13-24(22,23)20-9-1-2-10-20)19-11-7-16(8-12-19)18-14-15-5-6-15;/h15-16,18H,1-14H2;1H. The molecule has 1 amide bonds. The van der Waals surface area contributed by atoms with Gasteiger partial charge in [-0.1, -0.05) is 0 Å². The van der Waals surface area contributed by atoms with Crippen LogP contribution < -0.4 is 5.32 Å². The fourth-order valence-corrected chi connectivity index (χ4v) is 5.23. The predicted molar refractivity (Wildman–Crippen MR) is 101 cm³/mol. The highest BCUT2D eigenvalue weighted by Crippen LogP contribution is 2.28. The molecule has 1 saturated carbocycles. The van der Waals surface area contributed by atoms with Crippen LogP contribution in [0.4, 0.5) is 0 Å². The summed E-state index contributed by atoms with van der Waals surface area (Å²) >= 11 is 0. The first-order valence-electron chi connectivity index (χ1n) is 9.53. The van der Waals surface area contributed by atoms with Gasteiger partial charge in [-0.15, -0.1) is 12.4 Å². The highest BCUT2D eigenvalue weighted by Gasteiger charge is 2.27. The van der Waals surface area contributed by atoms with Crippen molar-refractivity contribution in [3.05, 3.63) is 0 Å². The molecule has 2 heterocycles. The molecular weight excluding hydrogens is 362 g/mol. The van der Waals surface area contributed by atoms with E-state index in [1.165, 1.54) is 12.8 Å². The predicted octanol–water partition coefficient (Wildman–Crippen LogP) is 1.60. The average Bonchev–Trinajstić information content (AvgIpc) is 3.22. The summed E-state index contributed by atoms with van der Waals surface area (Å²) in [6.07, 6.45) is 7.49. The molecule has 0 aromatic heterocycles. The number of carbonyl (C=O) groups excluding carboxylic acids is 1. The van der Waals surface area contributed by atoms with Crippen LogP contribution >= 0.6 is 12.4 Å². The minimum atomic E-state index is -3.15. The Bertz CT molecular complexity index is 525. The smallest absolute Gasteiger partial charge is 0.222 e. The van der Waals surface area contributed by atoms with E-state index in [1.54, 1.807) is 4.31 Å². The van der Waals surface area contributed by atoms with Crippen molar-refractivity contribution in [3.8, 4) is 0 Å².